The van der Waals surface area contributed by atoms with Crippen LogP contribution in [-0.4, -0.2) is 28.4 Å². The Morgan fingerprint density at radius 3 is 3.06 bits per heavy atom. The summed E-state index contributed by atoms with van der Waals surface area (Å²) in [6, 6.07) is 8.06. The molecule has 0 aliphatic carbocycles. The predicted molar refractivity (Wildman–Crippen MR) is 69.8 cm³/mol. The first kappa shape index (κ1) is 11.2. The van der Waals surface area contributed by atoms with Gasteiger partial charge in [-0.15, -0.1) is 0 Å². The van der Waals surface area contributed by atoms with Crippen molar-refractivity contribution in [1.29, 1.82) is 0 Å². The first-order valence-corrected chi connectivity index (χ1v) is 6.09. The smallest absolute Gasteiger partial charge is 0.224 e. The molecule has 1 fully saturated rings. The van der Waals surface area contributed by atoms with E-state index in [0.29, 0.717) is 19.5 Å². The number of benzene rings is 1. The molecular formula is C14H15N3O. The first-order chi connectivity index (χ1) is 8.74. The number of nitrogens with zero attached hydrogens (tertiary/aromatic N) is 2. The predicted octanol–water partition coefficient (Wildman–Crippen LogP) is 1.29. The van der Waals surface area contributed by atoms with Crippen molar-refractivity contribution < 1.29 is 4.79 Å². The van der Waals surface area contributed by atoms with Gasteiger partial charge in [0, 0.05) is 43.3 Å². The molecule has 2 aromatic rings. The normalized spacial score (nSPS) is 19.7. The van der Waals surface area contributed by atoms with E-state index in [-0.39, 0.29) is 11.9 Å². The molecule has 2 N–H and O–H groups in total. The van der Waals surface area contributed by atoms with Crippen LogP contribution in [0.1, 0.15) is 12.0 Å². The summed E-state index contributed by atoms with van der Waals surface area (Å²) >= 11 is 0. The molecule has 3 rings (SSSR count). The lowest BCUT2D eigenvalue weighted by Crippen LogP contribution is -2.27. The third-order valence-electron chi connectivity index (χ3n) is 3.38. The number of hydrogen-bond acceptors (Lipinski definition) is 3. The van der Waals surface area contributed by atoms with Crippen LogP contribution in [0.4, 0.5) is 0 Å². The van der Waals surface area contributed by atoms with Crippen molar-refractivity contribution in [1.82, 2.24) is 9.88 Å². The lowest BCUT2D eigenvalue weighted by molar-refractivity contribution is -0.128. The second-order valence-corrected chi connectivity index (χ2v) is 4.75. The molecule has 92 valence electrons. The maximum Gasteiger partial charge on any atom is 0.224 e. The van der Waals surface area contributed by atoms with E-state index in [4.69, 9.17) is 5.73 Å². The number of carbonyl (C=O) groups excluding carboxylic acids is 1. The van der Waals surface area contributed by atoms with Crippen LogP contribution in [0.5, 0.6) is 0 Å². The molecule has 1 aromatic heterocycles. The van der Waals surface area contributed by atoms with Gasteiger partial charge in [0.15, 0.2) is 0 Å². The summed E-state index contributed by atoms with van der Waals surface area (Å²) in [7, 11) is 0. The molecule has 4 nitrogen and oxygen atoms in total. The van der Waals surface area contributed by atoms with Crippen LogP contribution in [0, 0.1) is 0 Å². The van der Waals surface area contributed by atoms with Gasteiger partial charge in [-0.2, -0.15) is 0 Å². The van der Waals surface area contributed by atoms with E-state index in [1.54, 1.807) is 6.20 Å². The van der Waals surface area contributed by atoms with Gasteiger partial charge in [0.25, 0.3) is 0 Å². The number of rotatable bonds is 2. The van der Waals surface area contributed by atoms with Gasteiger partial charge in [0.05, 0.1) is 0 Å². The Kier molecular flexibility index (Phi) is 2.72. The summed E-state index contributed by atoms with van der Waals surface area (Å²) in [5, 5.41) is 2.26. The molecule has 1 saturated heterocycles. The van der Waals surface area contributed by atoms with Crippen LogP contribution in [0.15, 0.2) is 36.7 Å². The van der Waals surface area contributed by atoms with Gasteiger partial charge in [-0.1, -0.05) is 18.2 Å². The zero-order valence-corrected chi connectivity index (χ0v) is 10.0. The molecule has 0 bridgehead atoms. The second kappa shape index (κ2) is 4.38. The number of fused-ring (bicyclic) bond motifs is 1. The van der Waals surface area contributed by atoms with Crippen molar-refractivity contribution in [3.63, 3.8) is 0 Å². The maximum absolute atomic E-state index is 11.8. The summed E-state index contributed by atoms with van der Waals surface area (Å²) in [6.45, 7) is 1.29. The fraction of sp³-hybridized carbons (Fsp3) is 0.286. The minimum atomic E-state index is -0.0193. The van der Waals surface area contributed by atoms with Crippen molar-refractivity contribution in [2.75, 3.05) is 6.54 Å². The Balaban J connectivity index is 1.93. The van der Waals surface area contributed by atoms with Crippen molar-refractivity contribution in [3.8, 4) is 0 Å². The monoisotopic (exact) mass is 241 g/mol. The standard InChI is InChI=1S/C14H15N3O/c15-12-6-14(18)17(9-12)8-11-3-1-2-10-7-16-5-4-13(10)11/h1-5,7,12H,6,8-9,15H2. The Morgan fingerprint density at radius 1 is 1.39 bits per heavy atom. The molecule has 1 unspecified atom stereocenters. The molecule has 1 aliphatic heterocycles. The van der Waals surface area contributed by atoms with E-state index in [0.717, 1.165) is 16.3 Å². The number of amides is 1. The number of likely N-dealkylation sites (tertiary alicyclic amines) is 1. The maximum atomic E-state index is 11.8. The summed E-state index contributed by atoms with van der Waals surface area (Å²) in [4.78, 5) is 17.7. The van der Waals surface area contributed by atoms with Gasteiger partial charge in [0.1, 0.15) is 0 Å². The van der Waals surface area contributed by atoms with Gasteiger partial charge < -0.3 is 10.6 Å². The SMILES string of the molecule is NC1CC(=O)N(Cc2cccc3cnccc23)C1. The molecule has 18 heavy (non-hydrogen) atoms. The molecular weight excluding hydrogens is 226 g/mol. The molecule has 1 aromatic carbocycles. The Bertz CT molecular complexity index is 591. The quantitative estimate of drug-likeness (QED) is 0.862. The van der Waals surface area contributed by atoms with E-state index in [9.17, 15) is 4.79 Å². The highest BCUT2D eigenvalue weighted by Gasteiger charge is 2.26. The van der Waals surface area contributed by atoms with E-state index in [2.05, 4.69) is 11.1 Å². The fourth-order valence-electron chi connectivity index (χ4n) is 2.49. The van der Waals surface area contributed by atoms with Gasteiger partial charge in [-0.25, -0.2) is 0 Å². The van der Waals surface area contributed by atoms with Crippen LogP contribution in [0.25, 0.3) is 10.8 Å². The summed E-state index contributed by atoms with van der Waals surface area (Å²) in [5.41, 5.74) is 6.96. The molecule has 0 saturated carbocycles. The molecule has 0 radical (unpaired) electrons. The number of hydrogen-bond donors (Lipinski definition) is 1. The summed E-state index contributed by atoms with van der Waals surface area (Å²) < 4.78 is 0. The van der Waals surface area contributed by atoms with E-state index >= 15 is 0 Å². The largest absolute Gasteiger partial charge is 0.337 e. The highest BCUT2D eigenvalue weighted by Crippen LogP contribution is 2.21. The lowest BCUT2D eigenvalue weighted by Gasteiger charge is -2.17. The molecule has 2 heterocycles. The Morgan fingerprint density at radius 2 is 2.28 bits per heavy atom. The Hall–Kier alpha value is -1.94. The average molecular weight is 241 g/mol. The average Bonchev–Trinajstić information content (AvgIpc) is 2.68. The summed E-state index contributed by atoms with van der Waals surface area (Å²) in [6.07, 6.45) is 4.09. The lowest BCUT2D eigenvalue weighted by atomic mass is 10.1. The van der Waals surface area contributed by atoms with Crippen LogP contribution >= 0.6 is 0 Å². The molecule has 1 aliphatic rings. The van der Waals surface area contributed by atoms with Gasteiger partial charge in [0.2, 0.25) is 5.91 Å². The summed E-state index contributed by atoms with van der Waals surface area (Å²) in [5.74, 6) is 0.147. The highest BCUT2D eigenvalue weighted by molar-refractivity contribution is 5.85. The van der Waals surface area contributed by atoms with Crippen molar-refractivity contribution >= 4 is 16.7 Å². The second-order valence-electron chi connectivity index (χ2n) is 4.75. The van der Waals surface area contributed by atoms with E-state index < -0.39 is 0 Å². The number of pyridine rings is 1. The molecule has 1 atom stereocenters. The minimum absolute atomic E-state index is 0.0193. The topological polar surface area (TPSA) is 59.2 Å². The third-order valence-corrected chi connectivity index (χ3v) is 3.38. The molecule has 0 spiro atoms. The van der Waals surface area contributed by atoms with Crippen molar-refractivity contribution in [3.05, 3.63) is 42.2 Å². The number of aromatic nitrogens is 1. The van der Waals surface area contributed by atoms with Crippen LogP contribution in [0.2, 0.25) is 0 Å². The highest BCUT2D eigenvalue weighted by atomic mass is 16.2. The zero-order chi connectivity index (χ0) is 12.5. The Labute approximate surface area is 105 Å². The van der Waals surface area contributed by atoms with Gasteiger partial charge in [-0.3, -0.25) is 9.78 Å². The van der Waals surface area contributed by atoms with E-state index in [1.807, 2.05) is 29.3 Å². The fourth-order valence-corrected chi connectivity index (χ4v) is 2.49. The number of carbonyl (C=O) groups is 1. The molecule has 1 amide bonds. The first-order valence-electron chi connectivity index (χ1n) is 6.09. The van der Waals surface area contributed by atoms with Gasteiger partial charge >= 0.3 is 0 Å². The minimum Gasteiger partial charge on any atom is -0.337 e. The number of nitrogens with two attached hydrogens (primary N) is 1. The zero-order valence-electron chi connectivity index (χ0n) is 10.0. The van der Waals surface area contributed by atoms with Crippen molar-refractivity contribution in [2.24, 2.45) is 5.73 Å². The van der Waals surface area contributed by atoms with Gasteiger partial charge in [-0.05, 0) is 17.0 Å². The van der Waals surface area contributed by atoms with Crippen LogP contribution < -0.4 is 5.73 Å². The molecule has 4 heteroatoms. The van der Waals surface area contributed by atoms with Crippen LogP contribution in [-0.2, 0) is 11.3 Å². The van der Waals surface area contributed by atoms with Crippen molar-refractivity contribution in [2.45, 2.75) is 19.0 Å². The van der Waals surface area contributed by atoms with Crippen LogP contribution in [0.3, 0.4) is 0 Å². The third kappa shape index (κ3) is 1.95. The van der Waals surface area contributed by atoms with E-state index in [1.165, 1.54) is 0 Å².